The number of pyridine rings is 1. The van der Waals surface area contributed by atoms with Gasteiger partial charge in [0.25, 0.3) is 5.56 Å². The minimum atomic E-state index is -0.124. The van der Waals surface area contributed by atoms with Gasteiger partial charge in [0.2, 0.25) is 5.88 Å². The van der Waals surface area contributed by atoms with E-state index >= 15 is 0 Å². The molecule has 0 aliphatic rings. The lowest BCUT2D eigenvalue weighted by Crippen LogP contribution is -2.19. The topological polar surface area (TPSA) is 52.8 Å². The zero-order chi connectivity index (χ0) is 12.4. The number of hydrogen-bond donors (Lipinski definition) is 0. The first kappa shape index (κ1) is 11.4. The summed E-state index contributed by atoms with van der Waals surface area (Å²) in [4.78, 5) is 16.3. The summed E-state index contributed by atoms with van der Waals surface area (Å²) in [7, 11) is 1.57. The van der Waals surface area contributed by atoms with Crippen molar-refractivity contribution in [1.82, 2.24) is 9.38 Å². The SMILES string of the molecule is CCOc1nc2cc(OC)ccn2c(=O)c1C. The van der Waals surface area contributed by atoms with Crippen molar-refractivity contribution in [3.05, 3.63) is 34.2 Å². The van der Waals surface area contributed by atoms with Crippen LogP contribution in [0.15, 0.2) is 23.1 Å². The smallest absolute Gasteiger partial charge is 0.264 e. The van der Waals surface area contributed by atoms with E-state index in [2.05, 4.69) is 4.98 Å². The van der Waals surface area contributed by atoms with Gasteiger partial charge in [-0.25, -0.2) is 0 Å². The number of methoxy groups -OCH3 is 1. The average Bonchev–Trinajstić information content (AvgIpc) is 2.35. The van der Waals surface area contributed by atoms with Gasteiger partial charge in [0.15, 0.2) is 0 Å². The third-order valence-electron chi connectivity index (χ3n) is 2.50. The van der Waals surface area contributed by atoms with E-state index in [4.69, 9.17) is 9.47 Å². The van der Waals surface area contributed by atoms with Crippen molar-refractivity contribution in [2.75, 3.05) is 13.7 Å². The molecule has 2 aromatic rings. The van der Waals surface area contributed by atoms with E-state index < -0.39 is 0 Å². The van der Waals surface area contributed by atoms with Gasteiger partial charge in [-0.1, -0.05) is 0 Å². The molecule has 2 heterocycles. The zero-order valence-corrected chi connectivity index (χ0v) is 10.1. The maximum Gasteiger partial charge on any atom is 0.264 e. The molecule has 17 heavy (non-hydrogen) atoms. The number of nitrogens with zero attached hydrogens (tertiary/aromatic N) is 2. The van der Waals surface area contributed by atoms with Gasteiger partial charge >= 0.3 is 0 Å². The van der Waals surface area contributed by atoms with Crippen LogP contribution in [0.5, 0.6) is 11.6 Å². The van der Waals surface area contributed by atoms with E-state index in [0.29, 0.717) is 29.4 Å². The van der Waals surface area contributed by atoms with Crippen LogP contribution in [-0.2, 0) is 0 Å². The standard InChI is InChI=1S/C12H14N2O3/c1-4-17-11-8(2)12(15)14-6-5-9(16-3)7-10(14)13-11/h5-7H,4H2,1-3H3. The van der Waals surface area contributed by atoms with E-state index in [1.807, 2.05) is 6.92 Å². The number of fused-ring (bicyclic) bond motifs is 1. The molecule has 0 saturated carbocycles. The number of hydrogen-bond acceptors (Lipinski definition) is 4. The third kappa shape index (κ3) is 1.95. The molecule has 5 nitrogen and oxygen atoms in total. The Balaban J connectivity index is 2.72. The quantitative estimate of drug-likeness (QED) is 0.805. The Bertz CT molecular complexity index is 604. The van der Waals surface area contributed by atoms with Crippen LogP contribution in [0.3, 0.4) is 0 Å². The second kappa shape index (κ2) is 4.45. The molecule has 0 atom stereocenters. The highest BCUT2D eigenvalue weighted by molar-refractivity contribution is 5.47. The summed E-state index contributed by atoms with van der Waals surface area (Å²) in [5.74, 6) is 1.04. The third-order valence-corrected chi connectivity index (χ3v) is 2.50. The largest absolute Gasteiger partial charge is 0.497 e. The Morgan fingerprint density at radius 3 is 2.88 bits per heavy atom. The molecule has 0 amide bonds. The fraction of sp³-hybridized carbons (Fsp3) is 0.333. The highest BCUT2D eigenvalue weighted by Crippen LogP contribution is 2.16. The minimum absolute atomic E-state index is 0.124. The Hall–Kier alpha value is -2.04. The zero-order valence-electron chi connectivity index (χ0n) is 10.1. The predicted octanol–water partition coefficient (Wildman–Crippen LogP) is 1.41. The molecule has 0 unspecified atom stereocenters. The fourth-order valence-electron chi connectivity index (χ4n) is 1.59. The van der Waals surface area contributed by atoms with Gasteiger partial charge in [0, 0.05) is 12.3 Å². The van der Waals surface area contributed by atoms with Crippen LogP contribution in [-0.4, -0.2) is 23.1 Å². The van der Waals surface area contributed by atoms with Crippen molar-refractivity contribution in [3.63, 3.8) is 0 Å². The molecular weight excluding hydrogens is 220 g/mol. The molecule has 0 N–H and O–H groups in total. The monoisotopic (exact) mass is 234 g/mol. The molecule has 0 aliphatic heterocycles. The van der Waals surface area contributed by atoms with Gasteiger partial charge in [-0.3, -0.25) is 9.20 Å². The van der Waals surface area contributed by atoms with Crippen molar-refractivity contribution in [1.29, 1.82) is 0 Å². The summed E-state index contributed by atoms with van der Waals surface area (Å²) in [6, 6.07) is 3.42. The van der Waals surface area contributed by atoms with E-state index in [0.717, 1.165) is 0 Å². The molecular formula is C12H14N2O3. The maximum atomic E-state index is 12.0. The summed E-state index contributed by atoms with van der Waals surface area (Å²) in [5.41, 5.74) is 0.902. The van der Waals surface area contributed by atoms with Crippen LogP contribution in [0.4, 0.5) is 0 Å². The number of ether oxygens (including phenoxy) is 2. The van der Waals surface area contributed by atoms with E-state index in [9.17, 15) is 4.79 Å². The number of rotatable bonds is 3. The lowest BCUT2D eigenvalue weighted by Gasteiger charge is -2.08. The molecule has 2 aromatic heterocycles. The van der Waals surface area contributed by atoms with Crippen molar-refractivity contribution >= 4 is 5.65 Å². The van der Waals surface area contributed by atoms with Crippen LogP contribution < -0.4 is 15.0 Å². The van der Waals surface area contributed by atoms with Gasteiger partial charge in [-0.05, 0) is 19.9 Å². The predicted molar refractivity (Wildman–Crippen MR) is 63.9 cm³/mol. The Morgan fingerprint density at radius 1 is 1.47 bits per heavy atom. The van der Waals surface area contributed by atoms with Gasteiger partial charge < -0.3 is 9.47 Å². The number of aromatic nitrogens is 2. The fourth-order valence-corrected chi connectivity index (χ4v) is 1.59. The first-order valence-electron chi connectivity index (χ1n) is 5.37. The lowest BCUT2D eigenvalue weighted by atomic mass is 10.3. The van der Waals surface area contributed by atoms with Gasteiger partial charge in [-0.15, -0.1) is 0 Å². The van der Waals surface area contributed by atoms with Gasteiger partial charge in [0.1, 0.15) is 11.4 Å². The molecule has 0 spiro atoms. The summed E-state index contributed by atoms with van der Waals surface area (Å²) in [5, 5.41) is 0. The average molecular weight is 234 g/mol. The van der Waals surface area contributed by atoms with E-state index in [1.165, 1.54) is 4.40 Å². The van der Waals surface area contributed by atoms with Gasteiger partial charge in [0.05, 0.1) is 19.3 Å². The maximum absolute atomic E-state index is 12.0. The van der Waals surface area contributed by atoms with E-state index in [1.54, 1.807) is 32.4 Å². The van der Waals surface area contributed by atoms with Crippen LogP contribution in [0.2, 0.25) is 0 Å². The molecule has 0 radical (unpaired) electrons. The first-order valence-corrected chi connectivity index (χ1v) is 5.37. The Morgan fingerprint density at radius 2 is 2.24 bits per heavy atom. The molecule has 5 heteroatoms. The molecule has 0 bridgehead atoms. The molecule has 0 aliphatic carbocycles. The lowest BCUT2D eigenvalue weighted by molar-refractivity contribution is 0.324. The van der Waals surface area contributed by atoms with E-state index in [-0.39, 0.29) is 5.56 Å². The van der Waals surface area contributed by atoms with Gasteiger partial charge in [-0.2, -0.15) is 4.98 Å². The second-order valence-electron chi connectivity index (χ2n) is 3.57. The second-order valence-corrected chi connectivity index (χ2v) is 3.57. The molecule has 0 aromatic carbocycles. The first-order chi connectivity index (χ1) is 8.17. The molecule has 0 fully saturated rings. The summed E-state index contributed by atoms with van der Waals surface area (Å²) >= 11 is 0. The summed E-state index contributed by atoms with van der Waals surface area (Å²) in [6.45, 7) is 4.04. The molecule has 90 valence electrons. The Kier molecular flexibility index (Phi) is 2.99. The van der Waals surface area contributed by atoms with Crippen LogP contribution in [0.25, 0.3) is 5.65 Å². The van der Waals surface area contributed by atoms with Crippen molar-refractivity contribution in [2.45, 2.75) is 13.8 Å². The summed E-state index contributed by atoms with van der Waals surface area (Å²) in [6.07, 6.45) is 1.65. The van der Waals surface area contributed by atoms with Crippen LogP contribution in [0.1, 0.15) is 12.5 Å². The molecule has 0 saturated heterocycles. The molecule has 2 rings (SSSR count). The minimum Gasteiger partial charge on any atom is -0.497 e. The summed E-state index contributed by atoms with van der Waals surface area (Å²) < 4.78 is 11.9. The van der Waals surface area contributed by atoms with Crippen molar-refractivity contribution in [2.24, 2.45) is 0 Å². The highest BCUT2D eigenvalue weighted by Gasteiger charge is 2.09. The van der Waals surface area contributed by atoms with Crippen LogP contribution in [0, 0.1) is 6.92 Å². The normalized spacial score (nSPS) is 10.5. The van der Waals surface area contributed by atoms with Crippen molar-refractivity contribution < 1.29 is 9.47 Å². The van der Waals surface area contributed by atoms with Crippen molar-refractivity contribution in [3.8, 4) is 11.6 Å². The van der Waals surface area contributed by atoms with Crippen LogP contribution >= 0.6 is 0 Å². The Labute approximate surface area is 98.6 Å². The highest BCUT2D eigenvalue weighted by atomic mass is 16.5.